The van der Waals surface area contributed by atoms with Gasteiger partial charge in [0.2, 0.25) is 5.88 Å². The van der Waals surface area contributed by atoms with Crippen molar-refractivity contribution in [2.75, 3.05) is 6.61 Å². The molecule has 0 spiro atoms. The molecule has 0 saturated carbocycles. The normalized spacial score (nSPS) is 11.3. The zero-order valence-corrected chi connectivity index (χ0v) is 17.6. The summed E-state index contributed by atoms with van der Waals surface area (Å²) in [6, 6.07) is 13.5. The molecule has 0 aliphatic heterocycles. The lowest BCUT2D eigenvalue weighted by Gasteiger charge is -2.13. The third-order valence-corrected chi connectivity index (χ3v) is 4.29. The second-order valence-corrected chi connectivity index (χ2v) is 8.03. The Labute approximate surface area is 171 Å². The van der Waals surface area contributed by atoms with E-state index < -0.39 is 0 Å². The molecular formula is C22H27N5O2. The van der Waals surface area contributed by atoms with Gasteiger partial charge in [-0.3, -0.25) is 4.79 Å². The molecule has 0 bridgehead atoms. The Bertz CT molecular complexity index is 970. The number of nitrogens with one attached hydrogen (secondary N) is 1. The molecule has 0 aliphatic carbocycles. The number of carbonyl (C=O) groups excluding carboxylic acids is 1. The zero-order valence-electron chi connectivity index (χ0n) is 17.6. The van der Waals surface area contributed by atoms with Crippen LogP contribution in [0.1, 0.15) is 43.4 Å². The van der Waals surface area contributed by atoms with Gasteiger partial charge >= 0.3 is 0 Å². The Morgan fingerprint density at radius 2 is 1.72 bits per heavy atom. The molecule has 152 valence electrons. The number of aryl methyl sites for hydroxylation is 2. The van der Waals surface area contributed by atoms with E-state index in [1.165, 1.54) is 0 Å². The van der Waals surface area contributed by atoms with E-state index >= 15 is 0 Å². The van der Waals surface area contributed by atoms with Crippen LogP contribution in [0, 0.1) is 13.8 Å². The van der Waals surface area contributed by atoms with Gasteiger partial charge in [-0.15, -0.1) is 0 Å². The fraction of sp³-hybridized carbons (Fsp3) is 0.364. The fourth-order valence-electron chi connectivity index (χ4n) is 2.77. The first-order valence-electron chi connectivity index (χ1n) is 9.59. The molecule has 2 heterocycles. The summed E-state index contributed by atoms with van der Waals surface area (Å²) < 4.78 is 7.37. The number of hydrogen-bond acceptors (Lipinski definition) is 5. The summed E-state index contributed by atoms with van der Waals surface area (Å²) in [5.74, 6) is 0.660. The summed E-state index contributed by atoms with van der Waals surface area (Å²) in [5, 5.41) is 7.50. The summed E-state index contributed by atoms with van der Waals surface area (Å²) in [5.41, 5.74) is 3.36. The zero-order chi connectivity index (χ0) is 21.0. The van der Waals surface area contributed by atoms with E-state index in [1.807, 2.05) is 56.3 Å². The van der Waals surface area contributed by atoms with Crippen molar-refractivity contribution < 1.29 is 9.53 Å². The van der Waals surface area contributed by atoms with E-state index in [1.54, 1.807) is 4.68 Å². The molecule has 7 heteroatoms. The molecule has 3 rings (SSSR count). The van der Waals surface area contributed by atoms with E-state index in [0.29, 0.717) is 18.4 Å². The predicted molar refractivity (Wildman–Crippen MR) is 111 cm³/mol. The first-order valence-corrected chi connectivity index (χ1v) is 9.59. The molecule has 0 saturated heterocycles. The second-order valence-electron chi connectivity index (χ2n) is 8.03. The van der Waals surface area contributed by atoms with Crippen molar-refractivity contribution in [1.29, 1.82) is 0 Å². The first kappa shape index (κ1) is 20.5. The summed E-state index contributed by atoms with van der Waals surface area (Å²) in [6.07, 6.45) is 0. The van der Waals surface area contributed by atoms with Crippen LogP contribution in [-0.4, -0.2) is 32.3 Å². The predicted octanol–water partition coefficient (Wildman–Crippen LogP) is 3.27. The standard InChI is InChI=1S/C22H27N5O2/c1-15-11-16(2)25-21(24-15)27-20(12-18(26-27)22(3,4)5)29-14-19(28)23-13-17-9-7-6-8-10-17/h6-12H,13-14H2,1-5H3,(H,23,28). The molecule has 0 atom stereocenters. The van der Waals surface area contributed by atoms with Crippen LogP contribution in [0.2, 0.25) is 0 Å². The lowest BCUT2D eigenvalue weighted by atomic mass is 9.93. The van der Waals surface area contributed by atoms with E-state index in [-0.39, 0.29) is 17.9 Å². The molecule has 29 heavy (non-hydrogen) atoms. The minimum atomic E-state index is -0.208. The van der Waals surface area contributed by atoms with Crippen LogP contribution >= 0.6 is 0 Å². The van der Waals surface area contributed by atoms with Crippen molar-refractivity contribution in [1.82, 2.24) is 25.1 Å². The average molecular weight is 393 g/mol. The van der Waals surface area contributed by atoms with Gasteiger partial charge in [0.1, 0.15) is 0 Å². The number of rotatable bonds is 6. The first-order chi connectivity index (χ1) is 13.7. The fourth-order valence-corrected chi connectivity index (χ4v) is 2.77. The Morgan fingerprint density at radius 3 is 2.34 bits per heavy atom. The molecular weight excluding hydrogens is 366 g/mol. The number of aromatic nitrogens is 4. The van der Waals surface area contributed by atoms with Gasteiger partial charge in [0, 0.05) is 29.4 Å². The van der Waals surface area contributed by atoms with Gasteiger partial charge in [-0.2, -0.15) is 9.78 Å². The summed E-state index contributed by atoms with van der Waals surface area (Å²) in [4.78, 5) is 21.2. The Morgan fingerprint density at radius 1 is 1.07 bits per heavy atom. The topological polar surface area (TPSA) is 81.9 Å². The molecule has 0 radical (unpaired) electrons. The molecule has 0 aliphatic rings. The highest BCUT2D eigenvalue weighted by Gasteiger charge is 2.23. The number of benzene rings is 1. The highest BCUT2D eigenvalue weighted by molar-refractivity contribution is 5.77. The van der Waals surface area contributed by atoms with Gasteiger partial charge < -0.3 is 10.1 Å². The van der Waals surface area contributed by atoms with Gasteiger partial charge in [-0.05, 0) is 25.5 Å². The Kier molecular flexibility index (Phi) is 5.96. The number of nitrogens with zero attached hydrogens (tertiary/aromatic N) is 4. The van der Waals surface area contributed by atoms with Crippen LogP contribution in [0.4, 0.5) is 0 Å². The minimum Gasteiger partial charge on any atom is -0.467 e. The maximum atomic E-state index is 12.3. The van der Waals surface area contributed by atoms with Crippen molar-refractivity contribution in [3.8, 4) is 11.8 Å². The maximum Gasteiger partial charge on any atom is 0.258 e. The third-order valence-electron chi connectivity index (χ3n) is 4.29. The summed E-state index contributed by atoms with van der Waals surface area (Å²) >= 11 is 0. The SMILES string of the molecule is Cc1cc(C)nc(-n2nc(C(C)(C)C)cc2OCC(=O)NCc2ccccc2)n1. The van der Waals surface area contributed by atoms with Gasteiger partial charge in [-0.25, -0.2) is 9.97 Å². The molecule has 0 fully saturated rings. The average Bonchev–Trinajstić information content (AvgIpc) is 3.09. The van der Waals surface area contributed by atoms with Crippen molar-refractivity contribution in [3.63, 3.8) is 0 Å². The molecule has 7 nitrogen and oxygen atoms in total. The summed E-state index contributed by atoms with van der Waals surface area (Å²) in [6.45, 7) is 10.4. The molecule has 1 aromatic carbocycles. The van der Waals surface area contributed by atoms with E-state index in [4.69, 9.17) is 4.74 Å². The number of ether oxygens (including phenoxy) is 1. The third kappa shape index (κ3) is 5.40. The molecule has 1 N–H and O–H groups in total. The van der Waals surface area contributed by atoms with Crippen LogP contribution in [0.15, 0.2) is 42.5 Å². The van der Waals surface area contributed by atoms with E-state index in [0.717, 1.165) is 22.6 Å². The number of carbonyl (C=O) groups is 1. The lowest BCUT2D eigenvalue weighted by Crippen LogP contribution is -2.28. The smallest absolute Gasteiger partial charge is 0.258 e. The van der Waals surface area contributed by atoms with Crippen LogP contribution in [0.3, 0.4) is 0 Å². The highest BCUT2D eigenvalue weighted by Crippen LogP contribution is 2.26. The Balaban J connectivity index is 1.77. The van der Waals surface area contributed by atoms with Gasteiger partial charge in [0.15, 0.2) is 6.61 Å². The van der Waals surface area contributed by atoms with Crippen molar-refractivity contribution >= 4 is 5.91 Å². The lowest BCUT2D eigenvalue weighted by molar-refractivity contribution is -0.123. The maximum absolute atomic E-state index is 12.3. The van der Waals surface area contributed by atoms with Crippen LogP contribution < -0.4 is 10.1 Å². The van der Waals surface area contributed by atoms with Gasteiger partial charge in [0.05, 0.1) is 5.69 Å². The van der Waals surface area contributed by atoms with Crippen LogP contribution in [-0.2, 0) is 16.8 Å². The largest absolute Gasteiger partial charge is 0.467 e. The monoisotopic (exact) mass is 393 g/mol. The van der Waals surface area contributed by atoms with Crippen molar-refractivity contribution in [2.24, 2.45) is 0 Å². The Hall–Kier alpha value is -3.22. The quantitative estimate of drug-likeness (QED) is 0.695. The van der Waals surface area contributed by atoms with E-state index in [2.05, 4.69) is 41.2 Å². The van der Waals surface area contributed by atoms with Gasteiger partial charge in [-0.1, -0.05) is 51.1 Å². The number of hydrogen-bond donors (Lipinski definition) is 1. The highest BCUT2D eigenvalue weighted by atomic mass is 16.5. The molecule has 2 aromatic heterocycles. The van der Waals surface area contributed by atoms with E-state index in [9.17, 15) is 4.79 Å². The van der Waals surface area contributed by atoms with Gasteiger partial charge in [0.25, 0.3) is 11.9 Å². The summed E-state index contributed by atoms with van der Waals surface area (Å²) in [7, 11) is 0. The molecule has 1 amide bonds. The second kappa shape index (κ2) is 8.43. The molecule has 0 unspecified atom stereocenters. The molecule has 3 aromatic rings. The van der Waals surface area contributed by atoms with Crippen LogP contribution in [0.25, 0.3) is 5.95 Å². The van der Waals surface area contributed by atoms with Crippen molar-refractivity contribution in [3.05, 3.63) is 65.1 Å². The van der Waals surface area contributed by atoms with Crippen LogP contribution in [0.5, 0.6) is 5.88 Å². The minimum absolute atomic E-state index is 0.118. The number of amides is 1. The van der Waals surface area contributed by atoms with Crippen molar-refractivity contribution in [2.45, 2.75) is 46.6 Å².